The molecule has 1 fully saturated rings. The van der Waals surface area contributed by atoms with Crippen LogP contribution in [0.2, 0.25) is 0 Å². The van der Waals surface area contributed by atoms with Crippen molar-refractivity contribution < 1.29 is 27.9 Å². The normalized spacial score (nSPS) is 23.5. The Morgan fingerprint density at radius 1 is 1.42 bits per heavy atom. The number of thioether (sulfide) groups is 1. The molecule has 110 valence electrons. The summed E-state index contributed by atoms with van der Waals surface area (Å²) < 4.78 is 35.5. The lowest BCUT2D eigenvalue weighted by molar-refractivity contribution is -0.142. The highest BCUT2D eigenvalue weighted by Gasteiger charge is 2.36. The predicted molar refractivity (Wildman–Crippen MR) is 63.8 cm³/mol. The van der Waals surface area contributed by atoms with Gasteiger partial charge in [-0.3, -0.25) is 4.79 Å². The maximum atomic E-state index is 11.8. The molecular formula is C10H15F3N2O3S. The van der Waals surface area contributed by atoms with Crippen molar-refractivity contribution in [3.05, 3.63) is 0 Å². The summed E-state index contributed by atoms with van der Waals surface area (Å²) in [5.41, 5.74) is -4.30. The van der Waals surface area contributed by atoms with Crippen LogP contribution in [-0.4, -0.2) is 52.9 Å². The molecule has 2 unspecified atom stereocenters. The van der Waals surface area contributed by atoms with Gasteiger partial charge in [0.25, 0.3) is 0 Å². The second-order valence-electron chi connectivity index (χ2n) is 4.35. The van der Waals surface area contributed by atoms with E-state index in [1.165, 1.54) is 4.90 Å². The van der Waals surface area contributed by atoms with Crippen LogP contribution in [0.4, 0.5) is 18.0 Å². The summed E-state index contributed by atoms with van der Waals surface area (Å²) in [7, 11) is 0. The smallest absolute Gasteiger partial charge is 0.441 e. The Labute approximate surface area is 112 Å². The first-order valence-corrected chi connectivity index (χ1v) is 6.65. The van der Waals surface area contributed by atoms with E-state index in [0.29, 0.717) is 6.54 Å². The zero-order chi connectivity index (χ0) is 14.6. The first-order valence-electron chi connectivity index (χ1n) is 5.67. The van der Waals surface area contributed by atoms with E-state index in [9.17, 15) is 22.8 Å². The number of carboxylic acids is 1. The number of aliphatic carboxylic acids is 1. The molecule has 9 heteroatoms. The first-order chi connectivity index (χ1) is 8.70. The summed E-state index contributed by atoms with van der Waals surface area (Å²) in [6.07, 6.45) is 0. The molecule has 1 aliphatic rings. The quantitative estimate of drug-likeness (QED) is 0.774. The third-order valence-electron chi connectivity index (χ3n) is 2.86. The van der Waals surface area contributed by atoms with E-state index in [4.69, 9.17) is 5.11 Å². The fourth-order valence-corrected chi connectivity index (χ4v) is 2.33. The van der Waals surface area contributed by atoms with E-state index < -0.39 is 23.4 Å². The van der Waals surface area contributed by atoms with Crippen molar-refractivity contribution in [3.8, 4) is 0 Å². The van der Waals surface area contributed by atoms with Crippen molar-refractivity contribution in [2.24, 2.45) is 11.8 Å². The zero-order valence-electron chi connectivity index (χ0n) is 10.2. The number of alkyl halides is 3. The van der Waals surface area contributed by atoms with E-state index in [1.807, 2.05) is 0 Å². The van der Waals surface area contributed by atoms with Crippen LogP contribution in [0.25, 0.3) is 0 Å². The van der Waals surface area contributed by atoms with E-state index in [0.717, 1.165) is 0 Å². The number of nitrogens with zero attached hydrogens (tertiary/aromatic N) is 1. The highest BCUT2D eigenvalue weighted by Crippen LogP contribution is 2.29. The number of rotatable bonds is 4. The topological polar surface area (TPSA) is 69.6 Å². The number of carbonyl (C=O) groups excluding carboxylic acids is 1. The minimum atomic E-state index is -4.30. The lowest BCUT2D eigenvalue weighted by Crippen LogP contribution is -2.40. The number of hydrogen-bond acceptors (Lipinski definition) is 3. The molecular weight excluding hydrogens is 285 g/mol. The highest BCUT2D eigenvalue weighted by molar-refractivity contribution is 8.00. The molecule has 0 aromatic rings. The van der Waals surface area contributed by atoms with Crippen LogP contribution in [0.3, 0.4) is 0 Å². The van der Waals surface area contributed by atoms with Crippen LogP contribution in [0.15, 0.2) is 0 Å². The molecule has 1 heterocycles. The highest BCUT2D eigenvalue weighted by atomic mass is 32.2. The maximum absolute atomic E-state index is 11.8. The van der Waals surface area contributed by atoms with E-state index in [1.54, 1.807) is 6.92 Å². The number of urea groups is 1. The molecule has 0 saturated carbocycles. The number of hydrogen-bond donors (Lipinski definition) is 2. The molecule has 0 aliphatic carbocycles. The van der Waals surface area contributed by atoms with Crippen molar-refractivity contribution in [1.82, 2.24) is 10.2 Å². The molecule has 0 radical (unpaired) electrons. The molecule has 0 aromatic heterocycles. The Bertz CT molecular complexity index is 351. The molecule has 0 spiro atoms. The van der Waals surface area contributed by atoms with Gasteiger partial charge in [0.15, 0.2) is 0 Å². The molecule has 19 heavy (non-hydrogen) atoms. The number of halogens is 3. The van der Waals surface area contributed by atoms with Crippen LogP contribution in [0.1, 0.15) is 6.92 Å². The van der Waals surface area contributed by atoms with Gasteiger partial charge in [-0.15, -0.1) is 0 Å². The van der Waals surface area contributed by atoms with Gasteiger partial charge in [0, 0.05) is 25.4 Å². The zero-order valence-corrected chi connectivity index (χ0v) is 11.1. The molecule has 0 bridgehead atoms. The summed E-state index contributed by atoms with van der Waals surface area (Å²) in [6.45, 7) is 2.02. The number of nitrogens with one attached hydrogen (secondary N) is 1. The van der Waals surface area contributed by atoms with Crippen LogP contribution in [0, 0.1) is 11.8 Å². The Morgan fingerprint density at radius 3 is 2.53 bits per heavy atom. The molecule has 0 aromatic carbocycles. The fourth-order valence-electron chi connectivity index (χ4n) is 1.89. The molecule has 2 atom stereocenters. The van der Waals surface area contributed by atoms with E-state index in [-0.39, 0.29) is 36.5 Å². The lowest BCUT2D eigenvalue weighted by Gasteiger charge is -2.16. The fraction of sp³-hybridized carbons (Fsp3) is 0.800. The molecule has 2 N–H and O–H groups in total. The number of carbonyl (C=O) groups is 2. The largest absolute Gasteiger partial charge is 0.481 e. The van der Waals surface area contributed by atoms with Gasteiger partial charge in [-0.25, -0.2) is 4.79 Å². The SMILES string of the molecule is CC1CN(C(=O)NCCSC(F)(F)F)CC1C(=O)O. The third kappa shape index (κ3) is 5.17. The maximum Gasteiger partial charge on any atom is 0.441 e. The first kappa shape index (κ1) is 15.9. The Balaban J connectivity index is 2.30. The van der Waals surface area contributed by atoms with Crippen LogP contribution in [0.5, 0.6) is 0 Å². The third-order valence-corrected chi connectivity index (χ3v) is 3.60. The van der Waals surface area contributed by atoms with Gasteiger partial charge >= 0.3 is 17.5 Å². The minimum Gasteiger partial charge on any atom is -0.481 e. The summed E-state index contributed by atoms with van der Waals surface area (Å²) in [5, 5.41) is 11.3. The summed E-state index contributed by atoms with van der Waals surface area (Å²) in [4.78, 5) is 23.8. The second kappa shape index (κ2) is 6.36. The van der Waals surface area contributed by atoms with Gasteiger partial charge in [0.1, 0.15) is 0 Å². The van der Waals surface area contributed by atoms with Gasteiger partial charge in [-0.2, -0.15) is 13.2 Å². The van der Waals surface area contributed by atoms with Gasteiger partial charge < -0.3 is 15.3 Å². The lowest BCUT2D eigenvalue weighted by atomic mass is 9.99. The van der Waals surface area contributed by atoms with E-state index in [2.05, 4.69) is 5.32 Å². The van der Waals surface area contributed by atoms with Crippen molar-refractivity contribution in [2.75, 3.05) is 25.4 Å². The van der Waals surface area contributed by atoms with Crippen molar-refractivity contribution in [3.63, 3.8) is 0 Å². The summed E-state index contributed by atoms with van der Waals surface area (Å²) in [5.74, 6) is -2.00. The average molecular weight is 300 g/mol. The Kier molecular flexibility index (Phi) is 5.33. The molecule has 1 rings (SSSR count). The van der Waals surface area contributed by atoms with Crippen LogP contribution < -0.4 is 5.32 Å². The number of carboxylic acid groups (broad SMARTS) is 1. The van der Waals surface area contributed by atoms with Gasteiger partial charge in [0.05, 0.1) is 5.92 Å². The Hall–Kier alpha value is -1.12. The summed E-state index contributed by atoms with van der Waals surface area (Å²) >= 11 is -0.203. The standard InChI is InChI=1S/C10H15F3N2O3S/c1-6-4-15(5-7(6)8(16)17)9(18)14-2-3-19-10(11,12)13/h6-7H,2-5H2,1H3,(H,14,18)(H,16,17). The monoisotopic (exact) mass is 300 g/mol. The number of amides is 2. The summed E-state index contributed by atoms with van der Waals surface area (Å²) in [6, 6.07) is -0.515. The molecule has 5 nitrogen and oxygen atoms in total. The molecule has 2 amide bonds. The Morgan fingerprint density at radius 2 is 2.05 bits per heavy atom. The predicted octanol–water partition coefficient (Wildman–Crippen LogP) is 1.60. The molecule has 1 saturated heterocycles. The van der Waals surface area contributed by atoms with E-state index >= 15 is 0 Å². The average Bonchev–Trinajstić information content (AvgIpc) is 2.65. The van der Waals surface area contributed by atoms with Gasteiger partial charge in [-0.1, -0.05) is 6.92 Å². The van der Waals surface area contributed by atoms with Crippen molar-refractivity contribution in [2.45, 2.75) is 12.4 Å². The minimum absolute atomic E-state index is 0.0920. The van der Waals surface area contributed by atoms with Crippen molar-refractivity contribution >= 4 is 23.8 Å². The van der Waals surface area contributed by atoms with Crippen LogP contribution in [-0.2, 0) is 4.79 Å². The second-order valence-corrected chi connectivity index (χ2v) is 5.51. The molecule has 1 aliphatic heterocycles. The van der Waals surface area contributed by atoms with Crippen LogP contribution >= 0.6 is 11.8 Å². The van der Waals surface area contributed by atoms with Gasteiger partial charge in [0.2, 0.25) is 0 Å². The number of likely N-dealkylation sites (tertiary alicyclic amines) is 1. The van der Waals surface area contributed by atoms with Crippen molar-refractivity contribution in [1.29, 1.82) is 0 Å². The van der Waals surface area contributed by atoms with Gasteiger partial charge in [-0.05, 0) is 17.7 Å².